The molecule has 0 radical (unpaired) electrons. The third-order valence-corrected chi connectivity index (χ3v) is 2.99. The van der Waals surface area contributed by atoms with Gasteiger partial charge in [-0.3, -0.25) is 4.79 Å². The largest absolute Gasteiger partial charge is 0.475 e. The minimum atomic E-state index is -1.17. The van der Waals surface area contributed by atoms with Crippen LogP contribution in [0.1, 0.15) is 16.1 Å². The molecule has 0 amide bonds. The van der Waals surface area contributed by atoms with Gasteiger partial charge < -0.3 is 9.52 Å². The highest BCUT2D eigenvalue weighted by atomic mass is 16.4. The first-order valence-electron chi connectivity index (χ1n) is 5.92. The summed E-state index contributed by atoms with van der Waals surface area (Å²) in [6.45, 7) is 0.0539. The first-order valence-corrected chi connectivity index (χ1v) is 5.92. The molecule has 0 unspecified atom stereocenters. The monoisotopic (exact) mass is 270 g/mol. The fourth-order valence-electron chi connectivity index (χ4n) is 2.08. The summed E-state index contributed by atoms with van der Waals surface area (Å²) in [7, 11) is 0. The van der Waals surface area contributed by atoms with Gasteiger partial charge in [-0.2, -0.15) is 5.10 Å². The molecule has 0 bridgehead atoms. The van der Waals surface area contributed by atoms with Crippen molar-refractivity contribution in [1.82, 2.24) is 9.78 Å². The van der Waals surface area contributed by atoms with Crippen molar-refractivity contribution in [2.24, 2.45) is 0 Å². The van der Waals surface area contributed by atoms with Crippen molar-refractivity contribution < 1.29 is 14.3 Å². The molecule has 0 spiro atoms. The number of hydrogen-bond donors (Lipinski definition) is 1. The third kappa shape index (κ3) is 1.97. The van der Waals surface area contributed by atoms with Crippen LogP contribution in [0.25, 0.3) is 11.0 Å². The maximum absolute atomic E-state index is 11.7. The molecule has 3 rings (SSSR count). The number of aromatic nitrogens is 2. The summed E-state index contributed by atoms with van der Waals surface area (Å²) in [5, 5.41) is 13.8. The Morgan fingerprint density at radius 3 is 2.80 bits per heavy atom. The molecule has 0 atom stereocenters. The Balaban J connectivity index is 2.19. The van der Waals surface area contributed by atoms with E-state index in [9.17, 15) is 14.7 Å². The highest BCUT2D eigenvalue weighted by Gasteiger charge is 2.20. The highest BCUT2D eigenvalue weighted by Crippen LogP contribution is 2.26. The van der Waals surface area contributed by atoms with E-state index < -0.39 is 5.97 Å². The van der Waals surface area contributed by atoms with E-state index in [1.165, 1.54) is 23.0 Å². The van der Waals surface area contributed by atoms with Crippen molar-refractivity contribution in [3.63, 3.8) is 0 Å². The van der Waals surface area contributed by atoms with Crippen LogP contribution in [0.15, 0.2) is 51.8 Å². The minimum Gasteiger partial charge on any atom is -0.475 e. The molecule has 0 fully saturated rings. The van der Waals surface area contributed by atoms with Crippen molar-refractivity contribution in [3.8, 4) is 0 Å². The van der Waals surface area contributed by atoms with Crippen LogP contribution in [-0.4, -0.2) is 20.9 Å². The van der Waals surface area contributed by atoms with Gasteiger partial charge in [0.1, 0.15) is 5.58 Å². The van der Waals surface area contributed by atoms with Crippen molar-refractivity contribution in [1.29, 1.82) is 0 Å². The number of nitrogens with zero attached hydrogens (tertiary/aromatic N) is 2. The van der Waals surface area contributed by atoms with Gasteiger partial charge in [-0.1, -0.05) is 18.2 Å². The van der Waals surface area contributed by atoms with Gasteiger partial charge in [0.2, 0.25) is 5.76 Å². The van der Waals surface area contributed by atoms with Crippen LogP contribution < -0.4 is 5.56 Å². The molecule has 2 aromatic heterocycles. The van der Waals surface area contributed by atoms with E-state index in [1.54, 1.807) is 24.3 Å². The van der Waals surface area contributed by atoms with E-state index in [2.05, 4.69) is 5.10 Å². The zero-order valence-corrected chi connectivity index (χ0v) is 10.3. The van der Waals surface area contributed by atoms with Gasteiger partial charge in [-0.05, 0) is 12.1 Å². The summed E-state index contributed by atoms with van der Waals surface area (Å²) in [6, 6.07) is 9.89. The van der Waals surface area contributed by atoms with E-state index >= 15 is 0 Å². The quantitative estimate of drug-likeness (QED) is 0.783. The number of para-hydroxylation sites is 1. The number of aromatic carboxylic acids is 1. The molecule has 2 heterocycles. The molecule has 100 valence electrons. The number of carbonyl (C=O) groups is 1. The van der Waals surface area contributed by atoms with Crippen LogP contribution in [-0.2, 0) is 6.54 Å². The molecule has 6 heteroatoms. The Morgan fingerprint density at radius 1 is 1.25 bits per heavy atom. The molecule has 0 aliphatic heterocycles. The molecule has 20 heavy (non-hydrogen) atoms. The summed E-state index contributed by atoms with van der Waals surface area (Å²) >= 11 is 0. The SMILES string of the molecule is O=C(O)c1oc2ccccc2c1Cn1ncccc1=O. The maximum atomic E-state index is 11.7. The highest BCUT2D eigenvalue weighted by molar-refractivity contribution is 5.95. The second-order valence-corrected chi connectivity index (χ2v) is 4.23. The van der Waals surface area contributed by atoms with E-state index in [0.717, 1.165) is 0 Å². The average molecular weight is 270 g/mol. The summed E-state index contributed by atoms with van der Waals surface area (Å²) < 4.78 is 6.53. The van der Waals surface area contributed by atoms with Crippen molar-refractivity contribution in [2.75, 3.05) is 0 Å². The number of furan rings is 1. The number of carboxylic acids is 1. The number of carboxylic acid groups (broad SMARTS) is 1. The van der Waals surface area contributed by atoms with Gasteiger partial charge in [0.05, 0.1) is 6.54 Å². The Hall–Kier alpha value is -2.89. The zero-order valence-electron chi connectivity index (χ0n) is 10.3. The van der Waals surface area contributed by atoms with Gasteiger partial charge >= 0.3 is 5.97 Å². The third-order valence-electron chi connectivity index (χ3n) is 2.99. The van der Waals surface area contributed by atoms with Crippen LogP contribution in [0.3, 0.4) is 0 Å². The second-order valence-electron chi connectivity index (χ2n) is 4.23. The van der Waals surface area contributed by atoms with Gasteiger partial charge in [-0.15, -0.1) is 0 Å². The Labute approximate surface area is 112 Å². The predicted octanol–water partition coefficient (Wildman–Crippen LogP) is 1.74. The molecule has 0 aliphatic rings. The molecule has 0 aliphatic carbocycles. The molecule has 1 N–H and O–H groups in total. The fraction of sp³-hybridized carbons (Fsp3) is 0.0714. The van der Waals surface area contributed by atoms with Crippen LogP contribution in [0.4, 0.5) is 0 Å². The number of benzene rings is 1. The smallest absolute Gasteiger partial charge is 0.372 e. The van der Waals surface area contributed by atoms with Crippen LogP contribution in [0, 0.1) is 0 Å². The lowest BCUT2D eigenvalue weighted by Crippen LogP contribution is -2.22. The second kappa shape index (κ2) is 4.65. The van der Waals surface area contributed by atoms with Crippen LogP contribution in [0.2, 0.25) is 0 Å². The summed E-state index contributed by atoms with van der Waals surface area (Å²) in [4.78, 5) is 23.0. The average Bonchev–Trinajstić information content (AvgIpc) is 2.81. The molecule has 6 nitrogen and oxygen atoms in total. The summed E-state index contributed by atoms with van der Waals surface area (Å²) in [6.07, 6.45) is 1.48. The fourth-order valence-corrected chi connectivity index (χ4v) is 2.08. The maximum Gasteiger partial charge on any atom is 0.372 e. The van der Waals surface area contributed by atoms with Crippen LogP contribution >= 0.6 is 0 Å². The number of rotatable bonds is 3. The first kappa shape index (κ1) is 12.2. The summed E-state index contributed by atoms with van der Waals surface area (Å²) in [5.74, 6) is -1.33. The van der Waals surface area contributed by atoms with Crippen molar-refractivity contribution >= 4 is 16.9 Å². The Bertz CT molecular complexity index is 848. The van der Waals surface area contributed by atoms with Gasteiger partial charge in [0, 0.05) is 23.2 Å². The lowest BCUT2D eigenvalue weighted by Gasteiger charge is -2.02. The zero-order chi connectivity index (χ0) is 14.1. The molecule has 1 aromatic carbocycles. The van der Waals surface area contributed by atoms with Crippen molar-refractivity contribution in [3.05, 3.63) is 64.3 Å². The van der Waals surface area contributed by atoms with Gasteiger partial charge in [0.25, 0.3) is 5.56 Å². The normalized spacial score (nSPS) is 10.8. The predicted molar refractivity (Wildman–Crippen MR) is 70.8 cm³/mol. The molecule has 0 saturated heterocycles. The summed E-state index contributed by atoms with van der Waals surface area (Å²) in [5.41, 5.74) is 0.618. The number of hydrogen-bond acceptors (Lipinski definition) is 4. The molecular weight excluding hydrogens is 260 g/mol. The van der Waals surface area contributed by atoms with E-state index in [0.29, 0.717) is 16.5 Å². The van der Waals surface area contributed by atoms with Gasteiger partial charge in [-0.25, -0.2) is 9.48 Å². The molecular formula is C14H10N2O4. The lowest BCUT2D eigenvalue weighted by molar-refractivity contribution is 0.0663. The number of fused-ring (bicyclic) bond motifs is 1. The van der Waals surface area contributed by atoms with E-state index in [1.807, 2.05) is 0 Å². The lowest BCUT2D eigenvalue weighted by atomic mass is 10.1. The molecule has 3 aromatic rings. The Morgan fingerprint density at radius 2 is 2.05 bits per heavy atom. The first-order chi connectivity index (χ1) is 9.66. The van der Waals surface area contributed by atoms with E-state index in [-0.39, 0.29) is 17.9 Å². The van der Waals surface area contributed by atoms with E-state index in [4.69, 9.17) is 4.42 Å². The minimum absolute atomic E-state index is 0.0539. The molecule has 0 saturated carbocycles. The van der Waals surface area contributed by atoms with Crippen molar-refractivity contribution in [2.45, 2.75) is 6.54 Å². The topological polar surface area (TPSA) is 85.3 Å². The standard InChI is InChI=1S/C14H10N2O4/c17-12-6-3-7-15-16(12)8-10-9-4-1-2-5-11(9)20-13(10)14(18)19/h1-7H,8H2,(H,18,19). The van der Waals surface area contributed by atoms with Gasteiger partial charge in [0.15, 0.2) is 0 Å². The van der Waals surface area contributed by atoms with Crippen LogP contribution in [0.5, 0.6) is 0 Å². The Kier molecular flexibility index (Phi) is 2.83.